The highest BCUT2D eigenvalue weighted by atomic mass is 16.6. The zero-order valence-corrected chi connectivity index (χ0v) is 14.2. The van der Waals surface area contributed by atoms with Crippen molar-refractivity contribution < 1.29 is 10.0 Å². The average Bonchev–Trinajstić information content (AvgIpc) is 2.63. The molecule has 0 saturated carbocycles. The number of nitro groups is 1. The molecule has 2 aromatic rings. The van der Waals surface area contributed by atoms with Crippen molar-refractivity contribution in [1.82, 2.24) is 9.80 Å². The Morgan fingerprint density at radius 1 is 0.960 bits per heavy atom. The second-order valence-corrected chi connectivity index (χ2v) is 6.42. The van der Waals surface area contributed by atoms with E-state index in [9.17, 15) is 15.2 Å². The van der Waals surface area contributed by atoms with Gasteiger partial charge in [-0.25, -0.2) is 0 Å². The fraction of sp³-hybridized carbons (Fsp3) is 0.368. The van der Waals surface area contributed by atoms with Crippen molar-refractivity contribution in [3.05, 3.63) is 69.8 Å². The van der Waals surface area contributed by atoms with Gasteiger partial charge in [0.15, 0.2) is 0 Å². The lowest BCUT2D eigenvalue weighted by Crippen LogP contribution is -2.46. The largest absolute Gasteiger partial charge is 0.508 e. The predicted molar refractivity (Wildman–Crippen MR) is 96.6 cm³/mol. The lowest BCUT2D eigenvalue weighted by molar-refractivity contribution is -0.384. The third-order valence-electron chi connectivity index (χ3n) is 4.71. The van der Waals surface area contributed by atoms with Crippen molar-refractivity contribution in [2.75, 3.05) is 32.7 Å². The minimum absolute atomic E-state index is 0.137. The van der Waals surface area contributed by atoms with Gasteiger partial charge in [-0.15, -0.1) is 0 Å². The van der Waals surface area contributed by atoms with Crippen molar-refractivity contribution in [2.24, 2.45) is 0 Å². The van der Waals surface area contributed by atoms with Gasteiger partial charge in [-0.1, -0.05) is 30.3 Å². The number of para-hydroxylation sites is 1. The first-order valence-corrected chi connectivity index (χ1v) is 8.57. The Bertz CT molecular complexity index is 710. The monoisotopic (exact) mass is 341 g/mol. The minimum atomic E-state index is -0.368. The van der Waals surface area contributed by atoms with Crippen LogP contribution in [0.25, 0.3) is 0 Å². The number of phenolic OH excluding ortho intramolecular Hbond substituents is 1. The van der Waals surface area contributed by atoms with Gasteiger partial charge in [0, 0.05) is 51.4 Å². The fourth-order valence-corrected chi connectivity index (χ4v) is 3.15. The van der Waals surface area contributed by atoms with Gasteiger partial charge in [0.1, 0.15) is 5.75 Å². The summed E-state index contributed by atoms with van der Waals surface area (Å²) in [4.78, 5) is 15.1. The smallest absolute Gasteiger partial charge is 0.269 e. The van der Waals surface area contributed by atoms with Gasteiger partial charge in [0.05, 0.1) is 4.92 Å². The lowest BCUT2D eigenvalue weighted by Gasteiger charge is -2.34. The number of piperazine rings is 1. The van der Waals surface area contributed by atoms with Crippen LogP contribution in [0, 0.1) is 10.1 Å². The number of nitro benzene ring substituents is 1. The van der Waals surface area contributed by atoms with Gasteiger partial charge >= 0.3 is 0 Å². The Hall–Kier alpha value is -2.44. The summed E-state index contributed by atoms with van der Waals surface area (Å²) in [5.74, 6) is 0.374. The molecular weight excluding hydrogens is 318 g/mol. The molecular formula is C19H23N3O3. The summed E-state index contributed by atoms with van der Waals surface area (Å²) in [5, 5.41) is 20.5. The normalized spacial score (nSPS) is 16.0. The maximum absolute atomic E-state index is 10.7. The molecule has 1 aliphatic rings. The summed E-state index contributed by atoms with van der Waals surface area (Å²) in [6.45, 7) is 5.74. The number of hydrogen-bond acceptors (Lipinski definition) is 5. The molecule has 6 nitrogen and oxygen atoms in total. The molecule has 0 radical (unpaired) electrons. The van der Waals surface area contributed by atoms with Crippen LogP contribution < -0.4 is 0 Å². The van der Waals surface area contributed by atoms with E-state index >= 15 is 0 Å². The first-order valence-electron chi connectivity index (χ1n) is 8.57. The van der Waals surface area contributed by atoms with E-state index in [0.717, 1.165) is 56.8 Å². The zero-order chi connectivity index (χ0) is 17.6. The van der Waals surface area contributed by atoms with Gasteiger partial charge in [0.25, 0.3) is 5.69 Å². The summed E-state index contributed by atoms with van der Waals surface area (Å²) in [7, 11) is 0. The Morgan fingerprint density at radius 2 is 1.60 bits per heavy atom. The molecule has 132 valence electrons. The molecule has 25 heavy (non-hydrogen) atoms. The third-order valence-corrected chi connectivity index (χ3v) is 4.71. The van der Waals surface area contributed by atoms with Crippen LogP contribution in [-0.2, 0) is 13.0 Å². The van der Waals surface area contributed by atoms with Crippen LogP contribution >= 0.6 is 0 Å². The van der Waals surface area contributed by atoms with Crippen LogP contribution in [0.4, 0.5) is 5.69 Å². The first-order chi connectivity index (χ1) is 12.1. The Labute approximate surface area is 147 Å². The van der Waals surface area contributed by atoms with Crippen molar-refractivity contribution >= 4 is 5.69 Å². The second kappa shape index (κ2) is 8.09. The van der Waals surface area contributed by atoms with Crippen molar-refractivity contribution in [3.8, 4) is 5.75 Å². The fourth-order valence-electron chi connectivity index (χ4n) is 3.15. The van der Waals surface area contributed by atoms with Gasteiger partial charge in [-0.05, 0) is 23.6 Å². The molecule has 0 unspecified atom stereocenters. The van der Waals surface area contributed by atoms with Crippen LogP contribution in [0.15, 0.2) is 48.5 Å². The second-order valence-electron chi connectivity index (χ2n) is 6.42. The van der Waals surface area contributed by atoms with Crippen LogP contribution in [-0.4, -0.2) is 52.6 Å². The number of aromatic hydroxyl groups is 1. The number of nitrogens with zero attached hydrogens (tertiary/aromatic N) is 3. The number of benzene rings is 2. The maximum Gasteiger partial charge on any atom is 0.269 e. The first kappa shape index (κ1) is 17.4. The number of phenols is 1. The van der Waals surface area contributed by atoms with Crippen molar-refractivity contribution in [3.63, 3.8) is 0 Å². The Kier molecular flexibility index (Phi) is 5.63. The highest BCUT2D eigenvalue weighted by molar-refractivity contribution is 5.33. The standard InChI is InChI=1S/C19H23N3O3/c23-19-4-2-1-3-17(19)9-10-20-11-13-21(14-12-20)15-16-5-7-18(8-6-16)22(24)25/h1-8,23H,9-15H2. The SMILES string of the molecule is O=[N+]([O-])c1ccc(CN2CCN(CCc3ccccc3O)CC2)cc1. The molecule has 2 aromatic carbocycles. The molecule has 1 aliphatic heterocycles. The van der Waals surface area contributed by atoms with Gasteiger partial charge in [0.2, 0.25) is 0 Å². The van der Waals surface area contributed by atoms with Gasteiger partial charge in [-0.3, -0.25) is 15.0 Å². The molecule has 0 aromatic heterocycles. The molecule has 1 heterocycles. The maximum atomic E-state index is 10.7. The Morgan fingerprint density at radius 3 is 2.24 bits per heavy atom. The van der Waals surface area contributed by atoms with E-state index in [4.69, 9.17) is 0 Å². The highest BCUT2D eigenvalue weighted by Crippen LogP contribution is 2.17. The van der Waals surface area contributed by atoms with E-state index in [1.54, 1.807) is 18.2 Å². The molecule has 0 atom stereocenters. The van der Waals surface area contributed by atoms with E-state index < -0.39 is 0 Å². The molecule has 6 heteroatoms. The molecule has 0 amide bonds. The summed E-state index contributed by atoms with van der Waals surface area (Å²) in [6, 6.07) is 14.3. The molecule has 1 fully saturated rings. The van der Waals surface area contributed by atoms with E-state index in [2.05, 4.69) is 9.80 Å². The molecule has 1 N–H and O–H groups in total. The lowest BCUT2D eigenvalue weighted by atomic mass is 10.1. The quantitative estimate of drug-likeness (QED) is 0.646. The van der Waals surface area contributed by atoms with Crippen LogP contribution in [0.2, 0.25) is 0 Å². The van der Waals surface area contributed by atoms with Crippen molar-refractivity contribution in [2.45, 2.75) is 13.0 Å². The van der Waals surface area contributed by atoms with E-state index in [0.29, 0.717) is 5.75 Å². The predicted octanol–water partition coefficient (Wildman–Crippen LogP) is 2.66. The molecule has 0 bridgehead atoms. The topological polar surface area (TPSA) is 69.9 Å². The number of non-ortho nitro benzene ring substituents is 1. The summed E-state index contributed by atoms with van der Waals surface area (Å²) in [5.41, 5.74) is 2.24. The van der Waals surface area contributed by atoms with Gasteiger partial charge in [-0.2, -0.15) is 0 Å². The summed E-state index contributed by atoms with van der Waals surface area (Å²) < 4.78 is 0. The van der Waals surface area contributed by atoms with E-state index in [1.807, 2.05) is 30.3 Å². The average molecular weight is 341 g/mol. The van der Waals surface area contributed by atoms with Crippen LogP contribution in [0.3, 0.4) is 0 Å². The minimum Gasteiger partial charge on any atom is -0.508 e. The molecule has 0 spiro atoms. The third kappa shape index (κ3) is 4.78. The number of rotatable bonds is 6. The van der Waals surface area contributed by atoms with Crippen LogP contribution in [0.1, 0.15) is 11.1 Å². The zero-order valence-electron chi connectivity index (χ0n) is 14.2. The highest BCUT2D eigenvalue weighted by Gasteiger charge is 2.17. The van der Waals surface area contributed by atoms with E-state index in [1.165, 1.54) is 0 Å². The molecule has 3 rings (SSSR count). The molecule has 0 aliphatic carbocycles. The summed E-state index contributed by atoms with van der Waals surface area (Å²) in [6.07, 6.45) is 0.856. The van der Waals surface area contributed by atoms with Crippen molar-refractivity contribution in [1.29, 1.82) is 0 Å². The molecule has 1 saturated heterocycles. The van der Waals surface area contributed by atoms with Crippen LogP contribution in [0.5, 0.6) is 5.75 Å². The summed E-state index contributed by atoms with van der Waals surface area (Å²) >= 11 is 0. The number of hydrogen-bond donors (Lipinski definition) is 1. The van der Waals surface area contributed by atoms with Gasteiger partial charge < -0.3 is 10.0 Å². The Balaban J connectivity index is 1.44. The van der Waals surface area contributed by atoms with E-state index in [-0.39, 0.29) is 10.6 Å².